The van der Waals surface area contributed by atoms with Crippen LogP contribution in [-0.2, 0) is 9.53 Å². The van der Waals surface area contributed by atoms with Gasteiger partial charge in [-0.05, 0) is 49.2 Å². The third-order valence-electron chi connectivity index (χ3n) is 4.81. The molecule has 0 saturated carbocycles. The summed E-state index contributed by atoms with van der Waals surface area (Å²) in [4.78, 5) is 19.4. The van der Waals surface area contributed by atoms with Crippen molar-refractivity contribution in [3.63, 3.8) is 0 Å². The molecule has 0 aliphatic rings. The van der Waals surface area contributed by atoms with Gasteiger partial charge in [0.15, 0.2) is 23.1 Å². The van der Waals surface area contributed by atoms with E-state index in [1.165, 1.54) is 6.08 Å². The van der Waals surface area contributed by atoms with E-state index in [1.54, 1.807) is 30.3 Å². The van der Waals surface area contributed by atoms with Crippen molar-refractivity contribution in [2.24, 2.45) is 0 Å². The van der Waals surface area contributed by atoms with Crippen LogP contribution in [0.2, 0.25) is 0 Å². The maximum atomic E-state index is 12.2. The first-order chi connectivity index (χ1) is 16.5. The van der Waals surface area contributed by atoms with Crippen molar-refractivity contribution in [1.82, 2.24) is 9.97 Å². The van der Waals surface area contributed by atoms with E-state index in [2.05, 4.69) is 16.9 Å². The Morgan fingerprint density at radius 3 is 2.74 bits per heavy atom. The van der Waals surface area contributed by atoms with E-state index >= 15 is 0 Å². The molecule has 0 amide bonds. The lowest BCUT2D eigenvalue weighted by molar-refractivity contribution is -0.137. The average molecular weight is 462 g/mol. The molecule has 1 aromatic heterocycles. The zero-order chi connectivity index (χ0) is 24.3. The molecule has 3 aromatic rings. The number of aromatic amines is 1. The molecule has 0 bridgehead atoms. The predicted molar refractivity (Wildman–Crippen MR) is 129 cm³/mol. The fraction of sp³-hybridized carbons (Fsp3) is 0.269. The van der Waals surface area contributed by atoms with Crippen LogP contribution in [0.4, 0.5) is 0 Å². The first-order valence-corrected chi connectivity index (χ1v) is 11.1. The van der Waals surface area contributed by atoms with Gasteiger partial charge in [0.1, 0.15) is 18.2 Å². The molecule has 3 rings (SSSR count). The second-order valence-corrected chi connectivity index (χ2v) is 7.32. The number of para-hydroxylation sites is 2. The first-order valence-electron chi connectivity index (χ1n) is 11.1. The molecule has 0 spiro atoms. The number of hydrogen-bond acceptors (Lipinski definition) is 7. The number of hydrogen-bond donors (Lipinski definition) is 2. The molecule has 0 saturated heterocycles. The van der Waals surface area contributed by atoms with Crippen LogP contribution in [0.1, 0.15) is 38.1 Å². The van der Waals surface area contributed by atoms with Crippen molar-refractivity contribution in [2.45, 2.75) is 26.7 Å². The molecule has 2 N–H and O–H groups in total. The summed E-state index contributed by atoms with van der Waals surface area (Å²) in [6.07, 6.45) is 4.80. The number of esters is 1. The van der Waals surface area contributed by atoms with Crippen molar-refractivity contribution in [3.8, 4) is 17.6 Å². The number of unbranched alkanes of at least 4 members (excludes halogenated alkanes) is 1. The second-order valence-electron chi connectivity index (χ2n) is 7.32. The summed E-state index contributed by atoms with van der Waals surface area (Å²) in [5.41, 5.74) is 2.02. The molecule has 8 nitrogen and oxygen atoms in total. The Bertz CT molecular complexity index is 1200. The molecular formula is C26H27N3O5. The van der Waals surface area contributed by atoms with E-state index in [4.69, 9.17) is 14.2 Å². The molecule has 0 fully saturated rings. The number of nitrogens with zero attached hydrogens (tertiary/aromatic N) is 2. The quantitative estimate of drug-likeness (QED) is 0.133. The topological polar surface area (TPSA) is 117 Å². The summed E-state index contributed by atoms with van der Waals surface area (Å²) in [7, 11) is 0. The number of imidazole rings is 1. The van der Waals surface area contributed by atoms with Gasteiger partial charge in [-0.1, -0.05) is 31.5 Å². The number of fused-ring (bicyclic) bond motifs is 1. The number of rotatable bonds is 11. The Balaban J connectivity index is 1.64. The van der Waals surface area contributed by atoms with Gasteiger partial charge in [0.25, 0.3) is 0 Å². The molecule has 34 heavy (non-hydrogen) atoms. The van der Waals surface area contributed by atoms with Gasteiger partial charge in [-0.25, -0.2) is 9.78 Å². The summed E-state index contributed by atoms with van der Waals surface area (Å²) in [6, 6.07) is 14.5. The maximum Gasteiger partial charge on any atom is 0.331 e. The molecule has 0 atom stereocenters. The van der Waals surface area contributed by atoms with Crippen molar-refractivity contribution in [1.29, 1.82) is 5.26 Å². The zero-order valence-electron chi connectivity index (χ0n) is 19.2. The summed E-state index contributed by atoms with van der Waals surface area (Å²) in [6.45, 7) is 4.61. The summed E-state index contributed by atoms with van der Waals surface area (Å²) >= 11 is 0. The van der Waals surface area contributed by atoms with Gasteiger partial charge in [-0.3, -0.25) is 0 Å². The number of aromatic nitrogens is 2. The van der Waals surface area contributed by atoms with Crippen LogP contribution >= 0.6 is 0 Å². The number of aliphatic hydroxyl groups is 1. The van der Waals surface area contributed by atoms with Gasteiger partial charge >= 0.3 is 5.97 Å². The van der Waals surface area contributed by atoms with Crippen LogP contribution in [-0.4, -0.2) is 40.9 Å². The van der Waals surface area contributed by atoms with Crippen LogP contribution in [0.15, 0.2) is 54.3 Å². The lowest BCUT2D eigenvalue weighted by Crippen LogP contribution is -2.06. The zero-order valence-corrected chi connectivity index (χ0v) is 19.2. The summed E-state index contributed by atoms with van der Waals surface area (Å²) < 4.78 is 16.5. The van der Waals surface area contributed by atoms with Gasteiger partial charge in [0.2, 0.25) is 0 Å². The molecule has 176 valence electrons. The first kappa shape index (κ1) is 24.4. The lowest BCUT2D eigenvalue weighted by Gasteiger charge is -2.12. The predicted octanol–water partition coefficient (Wildman–Crippen LogP) is 5.19. The Hall–Kier alpha value is -4.25. The Morgan fingerprint density at radius 2 is 2.00 bits per heavy atom. The van der Waals surface area contributed by atoms with Crippen LogP contribution < -0.4 is 9.47 Å². The van der Waals surface area contributed by atoms with Crippen molar-refractivity contribution < 1.29 is 24.1 Å². The minimum absolute atomic E-state index is 0.0898. The molecule has 0 aliphatic heterocycles. The van der Waals surface area contributed by atoms with Gasteiger partial charge in [-0.15, -0.1) is 0 Å². The number of H-pyrrole nitrogens is 1. The Morgan fingerprint density at radius 1 is 1.18 bits per heavy atom. The fourth-order valence-electron chi connectivity index (χ4n) is 3.09. The van der Waals surface area contributed by atoms with Crippen LogP contribution in [0.25, 0.3) is 22.7 Å². The van der Waals surface area contributed by atoms with Gasteiger partial charge in [0, 0.05) is 6.08 Å². The van der Waals surface area contributed by atoms with Gasteiger partial charge in [0.05, 0.1) is 24.2 Å². The molecule has 0 aliphatic carbocycles. The van der Waals surface area contributed by atoms with Crippen LogP contribution in [0.5, 0.6) is 11.5 Å². The number of aliphatic hydroxyl groups excluding tert-OH is 1. The minimum atomic E-state index is -0.672. The van der Waals surface area contributed by atoms with E-state index in [-0.39, 0.29) is 11.4 Å². The molecular weight excluding hydrogens is 434 g/mol. The largest absolute Gasteiger partial charge is 0.507 e. The van der Waals surface area contributed by atoms with Crippen molar-refractivity contribution in [3.05, 3.63) is 65.7 Å². The highest BCUT2D eigenvalue weighted by Gasteiger charge is 2.14. The van der Waals surface area contributed by atoms with E-state index in [9.17, 15) is 15.2 Å². The highest BCUT2D eigenvalue weighted by molar-refractivity contribution is 5.87. The molecule has 1 heterocycles. The highest BCUT2D eigenvalue weighted by Crippen LogP contribution is 2.29. The Labute approximate surface area is 198 Å². The highest BCUT2D eigenvalue weighted by atomic mass is 16.5. The summed E-state index contributed by atoms with van der Waals surface area (Å²) in [5.74, 6) is 0.390. The van der Waals surface area contributed by atoms with Crippen molar-refractivity contribution in [2.75, 3.05) is 19.8 Å². The number of nitriles is 1. The Kier molecular flexibility index (Phi) is 8.69. The minimum Gasteiger partial charge on any atom is -0.507 e. The standard InChI is InChI=1S/C26H27N3O5/c1-3-5-14-33-23-12-10-18(15-24(23)32-4-2)11-13-25(31)34-17-22(30)19(16-27)26-28-20-8-6-7-9-21(20)29-26/h6-13,15,30H,3-5,14,17H2,1-2H3,(H,28,29). The molecule has 8 heteroatoms. The number of allylic oxidation sites excluding steroid dienone is 1. The van der Waals surface area contributed by atoms with Crippen LogP contribution in [0, 0.1) is 11.3 Å². The van der Waals surface area contributed by atoms with Crippen molar-refractivity contribution >= 4 is 28.7 Å². The van der Waals surface area contributed by atoms with Gasteiger partial charge < -0.3 is 24.3 Å². The number of carbonyl (C=O) groups is 1. The monoisotopic (exact) mass is 461 g/mol. The summed E-state index contributed by atoms with van der Waals surface area (Å²) in [5, 5.41) is 19.7. The number of ether oxygens (including phenoxy) is 3. The fourth-order valence-corrected chi connectivity index (χ4v) is 3.09. The molecule has 2 aromatic carbocycles. The average Bonchev–Trinajstić information content (AvgIpc) is 3.27. The third kappa shape index (κ3) is 6.39. The maximum absolute atomic E-state index is 12.2. The number of benzene rings is 2. The van der Waals surface area contributed by atoms with E-state index < -0.39 is 18.3 Å². The third-order valence-corrected chi connectivity index (χ3v) is 4.81. The SMILES string of the molecule is CCCCOc1ccc(C=CC(=O)OCC(O)=C(C#N)c2nc3ccccc3[nH]2)cc1OCC. The van der Waals surface area contributed by atoms with Gasteiger partial charge in [-0.2, -0.15) is 5.26 Å². The van der Waals surface area contributed by atoms with E-state index in [0.29, 0.717) is 30.2 Å². The number of nitrogens with one attached hydrogen (secondary N) is 1. The van der Waals surface area contributed by atoms with Crippen LogP contribution in [0.3, 0.4) is 0 Å². The molecule has 0 radical (unpaired) electrons. The smallest absolute Gasteiger partial charge is 0.331 e. The normalized spacial score (nSPS) is 11.8. The van der Waals surface area contributed by atoms with E-state index in [0.717, 1.165) is 23.9 Å². The lowest BCUT2D eigenvalue weighted by atomic mass is 10.2. The number of carbonyl (C=O) groups excluding carboxylic acids is 1. The second kappa shape index (κ2) is 12.1. The molecule has 0 unspecified atom stereocenters. The van der Waals surface area contributed by atoms with E-state index in [1.807, 2.05) is 31.2 Å².